The summed E-state index contributed by atoms with van der Waals surface area (Å²) in [4.78, 5) is 5.78. The second-order valence-electron chi connectivity index (χ2n) is 7.32. The van der Waals surface area contributed by atoms with Gasteiger partial charge in [-0.1, -0.05) is 24.3 Å². The first kappa shape index (κ1) is 19.0. The minimum Gasteiger partial charge on any atom is -0.496 e. The lowest BCUT2D eigenvalue weighted by molar-refractivity contribution is 0.0339. The van der Waals surface area contributed by atoms with Gasteiger partial charge in [0.25, 0.3) is 0 Å². The third-order valence-electron chi connectivity index (χ3n) is 5.42. The number of para-hydroxylation sites is 1. The predicted molar refractivity (Wildman–Crippen MR) is 113 cm³/mol. The molecule has 0 bridgehead atoms. The lowest BCUT2D eigenvalue weighted by Gasteiger charge is -2.27. The van der Waals surface area contributed by atoms with E-state index in [4.69, 9.17) is 9.47 Å². The molecule has 5 heteroatoms. The molecule has 3 aromatic rings. The Hall–Kier alpha value is -2.34. The maximum absolute atomic E-state index is 5.58. The van der Waals surface area contributed by atoms with Crippen molar-refractivity contribution in [2.45, 2.75) is 19.5 Å². The molecular formula is C23H29N3O2. The number of nitrogens with one attached hydrogen (secondary N) is 2. The van der Waals surface area contributed by atoms with Gasteiger partial charge in [-0.3, -0.25) is 4.90 Å². The molecule has 2 aromatic carbocycles. The lowest BCUT2D eigenvalue weighted by atomic mass is 10.1. The van der Waals surface area contributed by atoms with Crippen molar-refractivity contribution in [1.29, 1.82) is 0 Å². The van der Waals surface area contributed by atoms with E-state index in [9.17, 15) is 0 Å². The van der Waals surface area contributed by atoms with Crippen LogP contribution in [0.15, 0.2) is 48.7 Å². The minimum atomic E-state index is 0.817. The number of nitrogens with zero attached hydrogens (tertiary/aromatic N) is 1. The number of benzene rings is 2. The summed E-state index contributed by atoms with van der Waals surface area (Å²) >= 11 is 0. The summed E-state index contributed by atoms with van der Waals surface area (Å²) < 4.78 is 11.0. The van der Waals surface area contributed by atoms with Gasteiger partial charge in [-0.2, -0.15) is 0 Å². The van der Waals surface area contributed by atoms with E-state index in [1.54, 1.807) is 7.11 Å². The van der Waals surface area contributed by atoms with E-state index >= 15 is 0 Å². The number of morpholine rings is 1. The molecule has 148 valence electrons. The van der Waals surface area contributed by atoms with Crippen molar-refractivity contribution in [3.8, 4) is 5.75 Å². The first-order valence-electron chi connectivity index (χ1n) is 10.0. The van der Waals surface area contributed by atoms with Crippen LogP contribution in [-0.2, 0) is 24.2 Å². The number of hydrogen-bond donors (Lipinski definition) is 2. The fourth-order valence-electron chi connectivity index (χ4n) is 3.86. The van der Waals surface area contributed by atoms with Crippen LogP contribution in [0.4, 0.5) is 0 Å². The molecule has 1 aromatic heterocycles. The highest BCUT2D eigenvalue weighted by molar-refractivity contribution is 5.83. The van der Waals surface area contributed by atoms with E-state index in [1.165, 1.54) is 27.6 Å². The Bertz CT molecular complexity index is 900. The van der Waals surface area contributed by atoms with Gasteiger partial charge in [-0.15, -0.1) is 0 Å². The number of aromatic amines is 1. The van der Waals surface area contributed by atoms with Gasteiger partial charge in [0.2, 0.25) is 0 Å². The topological polar surface area (TPSA) is 49.5 Å². The number of hydrogen-bond acceptors (Lipinski definition) is 4. The highest BCUT2D eigenvalue weighted by atomic mass is 16.5. The number of ether oxygens (including phenoxy) is 2. The molecule has 28 heavy (non-hydrogen) atoms. The molecule has 1 aliphatic heterocycles. The van der Waals surface area contributed by atoms with Crippen molar-refractivity contribution < 1.29 is 9.47 Å². The SMILES string of the molecule is COc1ccc(CNCCc2c[nH]c3ccccc23)cc1CN1CCOCC1. The largest absolute Gasteiger partial charge is 0.496 e. The van der Waals surface area contributed by atoms with E-state index in [0.29, 0.717) is 0 Å². The molecule has 4 rings (SSSR count). The van der Waals surface area contributed by atoms with Crippen LogP contribution in [0.1, 0.15) is 16.7 Å². The Labute approximate surface area is 166 Å². The van der Waals surface area contributed by atoms with Crippen molar-refractivity contribution >= 4 is 10.9 Å². The van der Waals surface area contributed by atoms with Crippen LogP contribution < -0.4 is 10.1 Å². The molecule has 2 heterocycles. The lowest BCUT2D eigenvalue weighted by Crippen LogP contribution is -2.35. The summed E-state index contributed by atoms with van der Waals surface area (Å²) in [6, 6.07) is 15.0. The second-order valence-corrected chi connectivity index (χ2v) is 7.32. The standard InChI is InChI=1S/C23H29N3O2/c1-27-23-7-6-18(14-20(23)17-26-10-12-28-13-11-26)15-24-9-8-19-16-25-22-5-3-2-4-21(19)22/h2-7,14,16,24-25H,8-13,15,17H2,1H3. The summed E-state index contributed by atoms with van der Waals surface area (Å²) in [5, 5.41) is 4.91. The number of fused-ring (bicyclic) bond motifs is 1. The molecule has 0 unspecified atom stereocenters. The Morgan fingerprint density at radius 1 is 1.11 bits per heavy atom. The summed E-state index contributed by atoms with van der Waals surface area (Å²) in [6.07, 6.45) is 3.14. The Balaban J connectivity index is 1.33. The van der Waals surface area contributed by atoms with E-state index in [2.05, 4.69) is 63.9 Å². The normalized spacial score (nSPS) is 15.2. The zero-order valence-electron chi connectivity index (χ0n) is 16.5. The van der Waals surface area contributed by atoms with Crippen LogP contribution in [0.3, 0.4) is 0 Å². The highest BCUT2D eigenvalue weighted by Gasteiger charge is 2.14. The number of H-pyrrole nitrogens is 1. The third-order valence-corrected chi connectivity index (χ3v) is 5.42. The van der Waals surface area contributed by atoms with Crippen LogP contribution in [0.2, 0.25) is 0 Å². The van der Waals surface area contributed by atoms with Crippen LogP contribution in [0.5, 0.6) is 5.75 Å². The van der Waals surface area contributed by atoms with Crippen molar-refractivity contribution in [2.24, 2.45) is 0 Å². The van der Waals surface area contributed by atoms with Gasteiger partial charge < -0.3 is 19.8 Å². The van der Waals surface area contributed by atoms with Gasteiger partial charge in [-0.05, 0) is 42.3 Å². The summed E-state index contributed by atoms with van der Waals surface area (Å²) in [5.74, 6) is 0.967. The summed E-state index contributed by atoms with van der Waals surface area (Å²) in [7, 11) is 1.75. The summed E-state index contributed by atoms with van der Waals surface area (Å²) in [5.41, 5.74) is 5.12. The fourth-order valence-corrected chi connectivity index (χ4v) is 3.86. The zero-order valence-corrected chi connectivity index (χ0v) is 16.5. The van der Waals surface area contributed by atoms with Gasteiger partial charge in [0.05, 0.1) is 20.3 Å². The van der Waals surface area contributed by atoms with E-state index < -0.39 is 0 Å². The van der Waals surface area contributed by atoms with Crippen LogP contribution in [0.25, 0.3) is 10.9 Å². The summed E-state index contributed by atoms with van der Waals surface area (Å²) in [6.45, 7) is 6.33. The van der Waals surface area contributed by atoms with Gasteiger partial charge in [0.1, 0.15) is 5.75 Å². The molecule has 0 saturated carbocycles. The van der Waals surface area contributed by atoms with Gasteiger partial charge in [-0.25, -0.2) is 0 Å². The van der Waals surface area contributed by atoms with E-state index in [1.807, 2.05) is 0 Å². The quantitative estimate of drug-likeness (QED) is 0.590. The van der Waals surface area contributed by atoms with Crippen molar-refractivity contribution in [3.63, 3.8) is 0 Å². The van der Waals surface area contributed by atoms with Crippen LogP contribution in [0, 0.1) is 0 Å². The van der Waals surface area contributed by atoms with Crippen LogP contribution in [-0.4, -0.2) is 49.8 Å². The maximum Gasteiger partial charge on any atom is 0.123 e. The van der Waals surface area contributed by atoms with Crippen molar-refractivity contribution in [1.82, 2.24) is 15.2 Å². The minimum absolute atomic E-state index is 0.817. The van der Waals surface area contributed by atoms with E-state index in [0.717, 1.165) is 58.1 Å². The van der Waals surface area contributed by atoms with Gasteiger partial charge in [0.15, 0.2) is 0 Å². The van der Waals surface area contributed by atoms with E-state index in [-0.39, 0.29) is 0 Å². The Kier molecular flexibility index (Phi) is 6.27. The zero-order chi connectivity index (χ0) is 19.2. The van der Waals surface area contributed by atoms with Gasteiger partial charge >= 0.3 is 0 Å². The average molecular weight is 380 g/mol. The molecule has 5 nitrogen and oxygen atoms in total. The molecule has 0 spiro atoms. The average Bonchev–Trinajstić information content (AvgIpc) is 3.15. The molecule has 2 N–H and O–H groups in total. The maximum atomic E-state index is 5.58. The monoisotopic (exact) mass is 379 g/mol. The molecule has 1 saturated heterocycles. The Morgan fingerprint density at radius 2 is 1.96 bits per heavy atom. The van der Waals surface area contributed by atoms with Gasteiger partial charge in [0, 0.05) is 48.8 Å². The smallest absolute Gasteiger partial charge is 0.123 e. The predicted octanol–water partition coefficient (Wildman–Crippen LogP) is 3.34. The number of rotatable bonds is 8. The molecule has 0 amide bonds. The Morgan fingerprint density at radius 3 is 2.82 bits per heavy atom. The first-order chi connectivity index (χ1) is 13.8. The molecule has 0 radical (unpaired) electrons. The molecular weight excluding hydrogens is 350 g/mol. The van der Waals surface area contributed by atoms with Crippen molar-refractivity contribution in [2.75, 3.05) is 40.0 Å². The fraction of sp³-hybridized carbons (Fsp3) is 0.391. The number of aromatic nitrogens is 1. The van der Waals surface area contributed by atoms with Crippen LogP contribution >= 0.6 is 0 Å². The number of methoxy groups -OCH3 is 1. The molecule has 1 fully saturated rings. The second kappa shape index (κ2) is 9.24. The van der Waals surface area contributed by atoms with Crippen molar-refractivity contribution in [3.05, 3.63) is 65.4 Å². The molecule has 1 aliphatic rings. The first-order valence-corrected chi connectivity index (χ1v) is 10.0. The third kappa shape index (κ3) is 4.55. The molecule has 0 atom stereocenters. The molecule has 0 aliphatic carbocycles. The highest BCUT2D eigenvalue weighted by Crippen LogP contribution is 2.22.